The van der Waals surface area contributed by atoms with E-state index in [1.165, 1.54) is 25.7 Å². The van der Waals surface area contributed by atoms with Crippen LogP contribution in [0.1, 0.15) is 121 Å². The van der Waals surface area contributed by atoms with Gasteiger partial charge in [0.1, 0.15) is 5.75 Å². The van der Waals surface area contributed by atoms with E-state index in [2.05, 4.69) is 28.9 Å². The number of ketones is 1. The number of ether oxygens (including phenoxy) is 1. The first-order valence-electron chi connectivity index (χ1n) is 18.3. The molecular formula is C37H61N5O4. The first-order valence-corrected chi connectivity index (χ1v) is 18.3. The third-order valence-electron chi connectivity index (χ3n) is 10.3. The zero-order valence-corrected chi connectivity index (χ0v) is 28.8. The maximum atomic E-state index is 13.3. The second-order valence-electron chi connectivity index (χ2n) is 14.0. The highest BCUT2D eigenvalue weighted by atomic mass is 16.5. The molecule has 1 aliphatic heterocycles. The molecule has 2 atom stereocenters. The smallest absolute Gasteiger partial charge is 0.222 e. The molecule has 2 fully saturated rings. The minimum atomic E-state index is 0.0504. The summed E-state index contributed by atoms with van der Waals surface area (Å²) in [6.07, 6.45) is 19.0. The van der Waals surface area contributed by atoms with Gasteiger partial charge < -0.3 is 30.3 Å². The van der Waals surface area contributed by atoms with E-state index < -0.39 is 0 Å². The number of amides is 1. The van der Waals surface area contributed by atoms with Crippen LogP contribution < -0.4 is 10.5 Å². The molecule has 9 nitrogen and oxygen atoms in total. The third kappa shape index (κ3) is 11.0. The minimum absolute atomic E-state index is 0.0504. The number of nitrogens with zero attached hydrogens (tertiary/aromatic N) is 4. The molecule has 258 valence electrons. The molecule has 2 aliphatic carbocycles. The van der Waals surface area contributed by atoms with Gasteiger partial charge in [0.05, 0.1) is 18.8 Å². The predicted octanol–water partition coefficient (Wildman–Crippen LogP) is 6.18. The van der Waals surface area contributed by atoms with Gasteiger partial charge in [-0.3, -0.25) is 9.59 Å². The van der Waals surface area contributed by atoms with Crippen LogP contribution in [0.25, 0.3) is 0 Å². The van der Waals surface area contributed by atoms with Crippen LogP contribution in [0.2, 0.25) is 0 Å². The topological polar surface area (TPSA) is 112 Å². The van der Waals surface area contributed by atoms with Crippen LogP contribution in [0, 0.1) is 5.92 Å². The lowest BCUT2D eigenvalue weighted by atomic mass is 9.81. The lowest BCUT2D eigenvalue weighted by Gasteiger charge is -2.37. The molecule has 3 aliphatic rings. The lowest BCUT2D eigenvalue weighted by Crippen LogP contribution is -2.47. The van der Waals surface area contributed by atoms with E-state index in [-0.39, 0.29) is 18.3 Å². The van der Waals surface area contributed by atoms with Crippen LogP contribution in [0.4, 0.5) is 5.69 Å². The van der Waals surface area contributed by atoms with Crippen LogP contribution in [-0.4, -0.2) is 89.9 Å². The Kier molecular flexibility index (Phi) is 15.1. The number of nitrogens with two attached hydrogens (primary N) is 1. The van der Waals surface area contributed by atoms with Gasteiger partial charge in [-0.1, -0.05) is 57.8 Å². The number of carbonyl (C=O) groups excluding carboxylic acids is 2. The Labute approximate surface area is 277 Å². The first kappa shape index (κ1) is 36.2. The van der Waals surface area contributed by atoms with E-state index in [4.69, 9.17) is 15.6 Å². The maximum Gasteiger partial charge on any atom is 0.222 e. The molecule has 0 aromatic heterocycles. The summed E-state index contributed by atoms with van der Waals surface area (Å²) in [6, 6.07) is 6.66. The molecular weight excluding hydrogens is 578 g/mol. The zero-order valence-electron chi connectivity index (χ0n) is 28.8. The highest BCUT2D eigenvalue weighted by Gasteiger charge is 2.33. The number of rotatable bonds is 19. The number of aliphatic hydroxyl groups is 1. The second kappa shape index (κ2) is 19.2. The number of guanidine groups is 1. The summed E-state index contributed by atoms with van der Waals surface area (Å²) in [5, 5.41) is 9.04. The fourth-order valence-corrected chi connectivity index (χ4v) is 7.63. The summed E-state index contributed by atoms with van der Waals surface area (Å²) in [5.74, 6) is 1.86. The molecule has 0 bridgehead atoms. The van der Waals surface area contributed by atoms with Crippen LogP contribution in [0.3, 0.4) is 0 Å². The van der Waals surface area contributed by atoms with Crippen molar-refractivity contribution in [1.82, 2.24) is 14.7 Å². The first-order chi connectivity index (χ1) is 22.4. The van der Waals surface area contributed by atoms with Crippen molar-refractivity contribution in [2.75, 3.05) is 40.4 Å². The molecule has 0 saturated heterocycles. The summed E-state index contributed by atoms with van der Waals surface area (Å²) >= 11 is 0. The number of aliphatic hydroxyl groups excluding tert-OH is 1. The van der Waals surface area contributed by atoms with Gasteiger partial charge in [0, 0.05) is 49.7 Å². The van der Waals surface area contributed by atoms with Gasteiger partial charge >= 0.3 is 0 Å². The highest BCUT2D eigenvalue weighted by molar-refractivity contribution is 5.90. The predicted molar refractivity (Wildman–Crippen MR) is 185 cm³/mol. The molecule has 1 amide bonds. The van der Waals surface area contributed by atoms with Crippen molar-refractivity contribution in [1.29, 1.82) is 0 Å². The average Bonchev–Trinajstić information content (AvgIpc) is 3.06. The summed E-state index contributed by atoms with van der Waals surface area (Å²) in [6.45, 7) is 2.61. The number of hydrogen-bond acceptors (Lipinski definition) is 8. The minimum Gasteiger partial charge on any atom is -0.494 e. The van der Waals surface area contributed by atoms with Crippen molar-refractivity contribution >= 4 is 23.3 Å². The summed E-state index contributed by atoms with van der Waals surface area (Å²) in [5.41, 5.74) is 8.17. The van der Waals surface area contributed by atoms with E-state index in [1.807, 2.05) is 23.1 Å². The SMILES string of the molecule is CN(C)C1CCCCC1C(=O)CN1Cc2cc(OCCCCCCC(=O)N(CCCCCCO)C3CCCCC3)ccc2N=C1N. The van der Waals surface area contributed by atoms with Gasteiger partial charge in [0.25, 0.3) is 0 Å². The fourth-order valence-electron chi connectivity index (χ4n) is 7.63. The molecule has 46 heavy (non-hydrogen) atoms. The fraction of sp³-hybridized carbons (Fsp3) is 0.757. The van der Waals surface area contributed by atoms with E-state index in [0.717, 1.165) is 107 Å². The standard InChI is InChI=1S/C37H61N5O4/c1-40(2)34-19-12-11-18-32(34)35(44)28-41-27-29-26-31(21-22-33(29)39-37(41)38)46-25-15-6-3-10-20-36(45)42(23-13-4-5-14-24-43)30-16-8-7-9-17-30/h21-22,26,30,32,34,43H,3-20,23-25,27-28H2,1-2H3,(H2,38,39). The van der Waals surface area contributed by atoms with Crippen LogP contribution >= 0.6 is 0 Å². The molecule has 1 heterocycles. The third-order valence-corrected chi connectivity index (χ3v) is 10.3. The van der Waals surface area contributed by atoms with Crippen molar-refractivity contribution in [3.05, 3.63) is 23.8 Å². The molecule has 9 heteroatoms. The van der Waals surface area contributed by atoms with Gasteiger partial charge in [-0.2, -0.15) is 0 Å². The normalized spacial score (nSPS) is 20.3. The molecule has 3 N–H and O–H groups in total. The lowest BCUT2D eigenvalue weighted by molar-refractivity contribution is -0.134. The number of Topliss-reactive ketones (excluding diaryl/α,β-unsaturated/α-hetero) is 1. The molecule has 4 rings (SSSR count). The van der Waals surface area contributed by atoms with Crippen molar-refractivity contribution in [2.45, 2.75) is 134 Å². The van der Waals surface area contributed by atoms with Gasteiger partial charge in [-0.05, 0) is 83.7 Å². The Morgan fingerprint density at radius 3 is 2.43 bits per heavy atom. The number of unbranched alkanes of at least 4 members (excludes halogenated alkanes) is 6. The molecule has 1 aromatic rings. The van der Waals surface area contributed by atoms with Gasteiger partial charge in [0.15, 0.2) is 11.7 Å². The van der Waals surface area contributed by atoms with E-state index in [1.54, 1.807) is 0 Å². The quantitative estimate of drug-likeness (QED) is 0.174. The Morgan fingerprint density at radius 2 is 1.65 bits per heavy atom. The molecule has 0 radical (unpaired) electrons. The van der Waals surface area contributed by atoms with Crippen LogP contribution in [-0.2, 0) is 16.1 Å². The van der Waals surface area contributed by atoms with E-state index in [9.17, 15) is 9.59 Å². The molecule has 0 spiro atoms. The Bertz CT molecular complexity index is 1120. The Morgan fingerprint density at radius 1 is 0.935 bits per heavy atom. The van der Waals surface area contributed by atoms with Crippen LogP contribution in [0.15, 0.2) is 23.2 Å². The number of fused-ring (bicyclic) bond motifs is 1. The maximum absolute atomic E-state index is 13.3. The van der Waals surface area contributed by atoms with Crippen molar-refractivity contribution in [3.8, 4) is 5.75 Å². The van der Waals surface area contributed by atoms with Crippen LogP contribution in [0.5, 0.6) is 5.75 Å². The Hall–Kier alpha value is -2.65. The van der Waals surface area contributed by atoms with Crippen molar-refractivity contribution in [3.63, 3.8) is 0 Å². The van der Waals surface area contributed by atoms with Gasteiger partial charge in [-0.25, -0.2) is 4.99 Å². The largest absolute Gasteiger partial charge is 0.494 e. The average molecular weight is 640 g/mol. The van der Waals surface area contributed by atoms with Gasteiger partial charge in [-0.15, -0.1) is 0 Å². The van der Waals surface area contributed by atoms with E-state index in [0.29, 0.717) is 50.1 Å². The van der Waals surface area contributed by atoms with Crippen molar-refractivity contribution in [2.24, 2.45) is 16.6 Å². The monoisotopic (exact) mass is 639 g/mol. The summed E-state index contributed by atoms with van der Waals surface area (Å²) in [4.78, 5) is 37.4. The molecule has 1 aromatic carbocycles. The highest BCUT2D eigenvalue weighted by Crippen LogP contribution is 2.32. The van der Waals surface area contributed by atoms with E-state index >= 15 is 0 Å². The summed E-state index contributed by atoms with van der Waals surface area (Å²) in [7, 11) is 4.15. The number of hydrogen-bond donors (Lipinski definition) is 2. The number of benzene rings is 1. The molecule has 2 unspecified atom stereocenters. The second-order valence-corrected chi connectivity index (χ2v) is 14.0. The summed E-state index contributed by atoms with van der Waals surface area (Å²) < 4.78 is 6.11. The number of carbonyl (C=O) groups is 2. The number of aliphatic imine (C=N–C) groups is 1. The Balaban J connectivity index is 1.16. The van der Waals surface area contributed by atoms with Gasteiger partial charge in [0.2, 0.25) is 5.91 Å². The van der Waals surface area contributed by atoms with Crippen molar-refractivity contribution < 1.29 is 19.4 Å². The molecule has 2 saturated carbocycles. The zero-order chi connectivity index (χ0) is 32.7.